The summed E-state index contributed by atoms with van der Waals surface area (Å²) in [5, 5.41) is 9.79. The van der Waals surface area contributed by atoms with Crippen molar-refractivity contribution >= 4 is 6.29 Å². The highest BCUT2D eigenvalue weighted by molar-refractivity contribution is 5.84. The van der Waals surface area contributed by atoms with E-state index in [1.807, 2.05) is 0 Å². The van der Waals surface area contributed by atoms with E-state index < -0.39 is 0 Å². The van der Waals surface area contributed by atoms with Crippen LogP contribution in [-0.2, 0) is 0 Å². The molecule has 0 unspecified atom stereocenters. The molecular formula is C15H22O4. The van der Waals surface area contributed by atoms with Gasteiger partial charge < -0.3 is 14.6 Å². The van der Waals surface area contributed by atoms with Crippen LogP contribution in [0.2, 0.25) is 0 Å². The van der Waals surface area contributed by atoms with Gasteiger partial charge in [-0.25, -0.2) is 0 Å². The van der Waals surface area contributed by atoms with E-state index in [4.69, 9.17) is 9.47 Å². The van der Waals surface area contributed by atoms with Gasteiger partial charge in [-0.15, -0.1) is 0 Å². The van der Waals surface area contributed by atoms with Gasteiger partial charge in [-0.05, 0) is 12.8 Å². The zero-order valence-corrected chi connectivity index (χ0v) is 11.6. The van der Waals surface area contributed by atoms with Crippen molar-refractivity contribution in [3.8, 4) is 17.2 Å². The Bertz CT molecular complexity index is 401. The highest BCUT2D eigenvalue weighted by Gasteiger charge is 2.12. The molecule has 1 N–H and O–H groups in total. The first kappa shape index (κ1) is 15.3. The summed E-state index contributed by atoms with van der Waals surface area (Å²) in [7, 11) is 0. The minimum atomic E-state index is -0.101. The molecule has 1 aromatic carbocycles. The lowest BCUT2D eigenvalue weighted by Crippen LogP contribution is -2.02. The SMILES string of the molecule is CCCCOc1cc(O)c(C=O)c(OCCCC)c1. The van der Waals surface area contributed by atoms with Gasteiger partial charge >= 0.3 is 0 Å². The van der Waals surface area contributed by atoms with Gasteiger partial charge in [-0.2, -0.15) is 0 Å². The largest absolute Gasteiger partial charge is 0.507 e. The predicted molar refractivity (Wildman–Crippen MR) is 74.3 cm³/mol. The number of unbranched alkanes of at least 4 members (excludes halogenated alkanes) is 2. The van der Waals surface area contributed by atoms with Gasteiger partial charge in [0.25, 0.3) is 0 Å². The fourth-order valence-corrected chi connectivity index (χ4v) is 1.57. The Morgan fingerprint density at radius 2 is 1.74 bits per heavy atom. The summed E-state index contributed by atoms with van der Waals surface area (Å²) in [5.74, 6) is 0.813. The van der Waals surface area contributed by atoms with Crippen molar-refractivity contribution in [2.24, 2.45) is 0 Å². The molecule has 0 fully saturated rings. The van der Waals surface area contributed by atoms with Crippen LogP contribution in [0.3, 0.4) is 0 Å². The van der Waals surface area contributed by atoms with Crippen molar-refractivity contribution in [1.29, 1.82) is 0 Å². The Kier molecular flexibility index (Phi) is 6.79. The Morgan fingerprint density at radius 1 is 1.11 bits per heavy atom. The lowest BCUT2D eigenvalue weighted by atomic mass is 10.2. The number of aromatic hydroxyl groups is 1. The van der Waals surface area contributed by atoms with Crippen LogP contribution in [-0.4, -0.2) is 24.6 Å². The van der Waals surface area contributed by atoms with Gasteiger partial charge in [0, 0.05) is 12.1 Å². The van der Waals surface area contributed by atoms with E-state index in [1.165, 1.54) is 6.07 Å². The van der Waals surface area contributed by atoms with E-state index in [-0.39, 0.29) is 11.3 Å². The molecule has 0 aliphatic rings. The summed E-state index contributed by atoms with van der Waals surface area (Å²) < 4.78 is 11.0. The van der Waals surface area contributed by atoms with Crippen molar-refractivity contribution in [3.05, 3.63) is 17.7 Å². The summed E-state index contributed by atoms with van der Waals surface area (Å²) in [4.78, 5) is 11.0. The van der Waals surface area contributed by atoms with Crippen LogP contribution in [0.1, 0.15) is 49.9 Å². The number of carbonyl (C=O) groups excluding carboxylic acids is 1. The number of rotatable bonds is 9. The van der Waals surface area contributed by atoms with Gasteiger partial charge in [0.2, 0.25) is 0 Å². The zero-order valence-electron chi connectivity index (χ0n) is 11.6. The van der Waals surface area contributed by atoms with Gasteiger partial charge in [-0.1, -0.05) is 26.7 Å². The summed E-state index contributed by atoms with van der Waals surface area (Å²) >= 11 is 0. The van der Waals surface area contributed by atoms with Crippen LogP contribution in [0, 0.1) is 0 Å². The number of carbonyl (C=O) groups is 1. The fourth-order valence-electron chi connectivity index (χ4n) is 1.57. The topological polar surface area (TPSA) is 55.8 Å². The lowest BCUT2D eigenvalue weighted by molar-refractivity contribution is 0.111. The molecule has 4 heteroatoms. The van der Waals surface area contributed by atoms with E-state index >= 15 is 0 Å². The molecule has 19 heavy (non-hydrogen) atoms. The Hall–Kier alpha value is -1.71. The molecular weight excluding hydrogens is 244 g/mol. The first-order valence-corrected chi connectivity index (χ1v) is 6.80. The fraction of sp³-hybridized carbons (Fsp3) is 0.533. The van der Waals surface area contributed by atoms with Crippen molar-refractivity contribution in [2.45, 2.75) is 39.5 Å². The van der Waals surface area contributed by atoms with Gasteiger partial charge in [-0.3, -0.25) is 4.79 Å². The Labute approximate surface area is 114 Å². The normalized spacial score (nSPS) is 10.2. The quantitative estimate of drug-likeness (QED) is 0.548. The molecule has 4 nitrogen and oxygen atoms in total. The standard InChI is InChI=1S/C15H22O4/c1-3-5-7-18-12-9-14(17)13(11-16)15(10-12)19-8-6-4-2/h9-11,17H,3-8H2,1-2H3. The molecule has 0 aliphatic carbocycles. The van der Waals surface area contributed by atoms with E-state index in [0.29, 0.717) is 31.0 Å². The van der Waals surface area contributed by atoms with Gasteiger partial charge in [0.05, 0.1) is 18.8 Å². The minimum Gasteiger partial charge on any atom is -0.507 e. The number of phenols is 1. The Morgan fingerprint density at radius 3 is 2.32 bits per heavy atom. The second-order valence-corrected chi connectivity index (χ2v) is 4.38. The highest BCUT2D eigenvalue weighted by atomic mass is 16.5. The van der Waals surface area contributed by atoms with Crippen molar-refractivity contribution in [3.63, 3.8) is 0 Å². The Balaban J connectivity index is 2.81. The number of phenolic OH excluding ortho intramolecular Hbond substituents is 1. The second-order valence-electron chi connectivity index (χ2n) is 4.38. The van der Waals surface area contributed by atoms with Crippen LogP contribution >= 0.6 is 0 Å². The van der Waals surface area contributed by atoms with Gasteiger partial charge in [0.1, 0.15) is 17.2 Å². The van der Waals surface area contributed by atoms with Crippen molar-refractivity contribution in [1.82, 2.24) is 0 Å². The number of benzene rings is 1. The van der Waals surface area contributed by atoms with E-state index in [2.05, 4.69) is 13.8 Å². The first-order chi connectivity index (χ1) is 9.22. The molecule has 0 saturated heterocycles. The molecule has 0 heterocycles. The summed E-state index contributed by atoms with van der Waals surface area (Å²) in [6.07, 6.45) is 4.50. The molecule has 0 aromatic heterocycles. The first-order valence-electron chi connectivity index (χ1n) is 6.80. The average Bonchev–Trinajstić information content (AvgIpc) is 2.39. The maximum absolute atomic E-state index is 11.0. The van der Waals surface area contributed by atoms with Crippen LogP contribution in [0.25, 0.3) is 0 Å². The van der Waals surface area contributed by atoms with E-state index in [1.54, 1.807) is 6.07 Å². The predicted octanol–water partition coefficient (Wildman–Crippen LogP) is 3.56. The lowest BCUT2D eigenvalue weighted by Gasteiger charge is -2.12. The van der Waals surface area contributed by atoms with Crippen LogP contribution in [0.4, 0.5) is 0 Å². The molecule has 106 valence electrons. The smallest absolute Gasteiger partial charge is 0.157 e. The summed E-state index contributed by atoms with van der Waals surface area (Å²) in [5.41, 5.74) is 0.180. The molecule has 0 radical (unpaired) electrons. The second kappa shape index (κ2) is 8.40. The van der Waals surface area contributed by atoms with Crippen molar-refractivity contribution < 1.29 is 19.4 Å². The minimum absolute atomic E-state index is 0.101. The maximum atomic E-state index is 11.0. The van der Waals surface area contributed by atoms with E-state index in [0.717, 1.165) is 25.7 Å². The molecule has 0 aliphatic heterocycles. The number of hydrogen-bond acceptors (Lipinski definition) is 4. The molecule has 0 amide bonds. The van der Waals surface area contributed by atoms with Crippen molar-refractivity contribution in [2.75, 3.05) is 13.2 Å². The molecule has 1 rings (SSSR count). The van der Waals surface area contributed by atoms with E-state index in [9.17, 15) is 9.90 Å². The summed E-state index contributed by atoms with van der Waals surface area (Å²) in [6.45, 7) is 5.25. The highest BCUT2D eigenvalue weighted by Crippen LogP contribution is 2.32. The van der Waals surface area contributed by atoms with Crippen LogP contribution < -0.4 is 9.47 Å². The number of ether oxygens (including phenoxy) is 2. The number of hydrogen-bond donors (Lipinski definition) is 1. The van der Waals surface area contributed by atoms with Crippen LogP contribution in [0.15, 0.2) is 12.1 Å². The molecule has 0 bridgehead atoms. The van der Waals surface area contributed by atoms with Crippen LogP contribution in [0.5, 0.6) is 17.2 Å². The number of aldehydes is 1. The zero-order chi connectivity index (χ0) is 14.1. The monoisotopic (exact) mass is 266 g/mol. The summed E-state index contributed by atoms with van der Waals surface area (Å²) in [6, 6.07) is 3.11. The van der Waals surface area contributed by atoms with Gasteiger partial charge in [0.15, 0.2) is 6.29 Å². The molecule has 0 atom stereocenters. The third-order valence-corrected chi connectivity index (χ3v) is 2.73. The third-order valence-electron chi connectivity index (χ3n) is 2.73. The molecule has 0 spiro atoms. The molecule has 0 saturated carbocycles. The molecule has 1 aromatic rings. The third kappa shape index (κ3) is 4.81. The average molecular weight is 266 g/mol. The maximum Gasteiger partial charge on any atom is 0.157 e.